The van der Waals surface area contributed by atoms with Crippen molar-refractivity contribution in [3.63, 3.8) is 0 Å². The third kappa shape index (κ3) is 3.55. The van der Waals surface area contributed by atoms with Crippen LogP contribution in [0, 0.1) is 0 Å². The van der Waals surface area contributed by atoms with Gasteiger partial charge in [-0.3, -0.25) is 14.3 Å². The lowest BCUT2D eigenvalue weighted by Gasteiger charge is -2.07. The number of carbonyl (C=O) groups excluding carboxylic acids is 2. The number of rotatable bonds is 5. The molecule has 0 saturated heterocycles. The number of nitrogens with one attached hydrogen (secondary N) is 1. The largest absolute Gasteiger partial charge is 0.366 e. The molecule has 2 amide bonds. The molecule has 122 valence electrons. The number of hydrogen-bond acceptors (Lipinski definition) is 3. The molecule has 0 unspecified atom stereocenters. The lowest BCUT2D eigenvalue weighted by atomic mass is 10.2. The zero-order valence-electron chi connectivity index (χ0n) is 12.7. The highest BCUT2D eigenvalue weighted by Crippen LogP contribution is 2.19. The first-order chi connectivity index (χ1) is 11.5. The number of fused-ring (bicyclic) bond motifs is 1. The normalized spacial score (nSPS) is 10.7. The van der Waals surface area contributed by atoms with Crippen molar-refractivity contribution in [2.45, 2.75) is 13.0 Å². The Labute approximate surface area is 143 Å². The molecule has 0 fully saturated rings. The maximum absolute atomic E-state index is 12.1. The number of hydrogen-bond donors (Lipinski definition) is 2. The van der Waals surface area contributed by atoms with Crippen LogP contribution >= 0.6 is 11.6 Å². The Morgan fingerprint density at radius 3 is 2.83 bits per heavy atom. The van der Waals surface area contributed by atoms with Crippen molar-refractivity contribution in [3.05, 3.63) is 59.2 Å². The van der Waals surface area contributed by atoms with Crippen LogP contribution in [-0.2, 0) is 11.3 Å². The van der Waals surface area contributed by atoms with Gasteiger partial charge in [0, 0.05) is 28.1 Å². The Kier molecular flexibility index (Phi) is 4.48. The second-order valence-electron chi connectivity index (χ2n) is 5.31. The predicted octanol–water partition coefficient (Wildman–Crippen LogP) is 2.82. The van der Waals surface area contributed by atoms with Gasteiger partial charge in [-0.1, -0.05) is 17.7 Å². The number of benzene rings is 2. The van der Waals surface area contributed by atoms with Crippen molar-refractivity contribution in [3.8, 4) is 0 Å². The number of halogens is 1. The highest BCUT2D eigenvalue weighted by Gasteiger charge is 2.08. The maximum atomic E-state index is 12.1. The van der Waals surface area contributed by atoms with Crippen LogP contribution in [-0.4, -0.2) is 21.6 Å². The summed E-state index contributed by atoms with van der Waals surface area (Å²) in [4.78, 5) is 23.2. The van der Waals surface area contributed by atoms with Crippen LogP contribution in [0.2, 0.25) is 5.02 Å². The van der Waals surface area contributed by atoms with Crippen LogP contribution in [0.1, 0.15) is 16.8 Å². The summed E-state index contributed by atoms with van der Waals surface area (Å²) >= 11 is 5.95. The number of aromatic nitrogens is 2. The Bertz CT molecular complexity index is 920. The summed E-state index contributed by atoms with van der Waals surface area (Å²) in [5.41, 5.74) is 7.03. The number of anilines is 1. The van der Waals surface area contributed by atoms with Gasteiger partial charge in [-0.15, -0.1) is 0 Å². The molecule has 3 rings (SSSR count). The lowest BCUT2D eigenvalue weighted by molar-refractivity contribution is -0.116. The van der Waals surface area contributed by atoms with E-state index < -0.39 is 5.91 Å². The molecule has 0 aliphatic heterocycles. The van der Waals surface area contributed by atoms with E-state index in [0.717, 1.165) is 10.9 Å². The van der Waals surface area contributed by atoms with Gasteiger partial charge < -0.3 is 11.1 Å². The van der Waals surface area contributed by atoms with Crippen LogP contribution in [0.4, 0.5) is 5.69 Å². The molecule has 24 heavy (non-hydrogen) atoms. The van der Waals surface area contributed by atoms with Gasteiger partial charge in [-0.2, -0.15) is 5.10 Å². The Hall–Kier alpha value is -2.86. The fraction of sp³-hybridized carbons (Fsp3) is 0.118. The summed E-state index contributed by atoms with van der Waals surface area (Å²) in [6, 6.07) is 12.0. The van der Waals surface area contributed by atoms with Crippen molar-refractivity contribution in [1.29, 1.82) is 0 Å². The van der Waals surface area contributed by atoms with E-state index in [1.54, 1.807) is 41.2 Å². The number of primary amides is 1. The molecule has 0 saturated carbocycles. The summed E-state index contributed by atoms with van der Waals surface area (Å²) in [7, 11) is 0. The highest BCUT2D eigenvalue weighted by atomic mass is 35.5. The molecule has 0 aliphatic rings. The van der Waals surface area contributed by atoms with E-state index in [9.17, 15) is 9.59 Å². The topological polar surface area (TPSA) is 90.0 Å². The highest BCUT2D eigenvalue weighted by molar-refractivity contribution is 6.31. The molecule has 3 aromatic rings. The molecule has 0 radical (unpaired) electrons. The summed E-state index contributed by atoms with van der Waals surface area (Å²) in [5.74, 6) is -0.706. The van der Waals surface area contributed by atoms with Gasteiger partial charge in [0.2, 0.25) is 11.8 Å². The Morgan fingerprint density at radius 1 is 1.21 bits per heavy atom. The van der Waals surface area contributed by atoms with E-state index in [1.807, 2.05) is 12.1 Å². The van der Waals surface area contributed by atoms with E-state index in [-0.39, 0.29) is 12.3 Å². The first-order valence-electron chi connectivity index (χ1n) is 7.34. The van der Waals surface area contributed by atoms with E-state index in [1.165, 1.54) is 0 Å². The van der Waals surface area contributed by atoms with Gasteiger partial charge in [0.1, 0.15) is 0 Å². The fourth-order valence-electron chi connectivity index (χ4n) is 2.42. The Morgan fingerprint density at radius 2 is 2.04 bits per heavy atom. The van der Waals surface area contributed by atoms with E-state index in [2.05, 4.69) is 10.4 Å². The predicted molar refractivity (Wildman–Crippen MR) is 92.9 cm³/mol. The van der Waals surface area contributed by atoms with Crippen LogP contribution in [0.5, 0.6) is 0 Å². The average molecular weight is 343 g/mol. The van der Waals surface area contributed by atoms with Crippen LogP contribution in [0.15, 0.2) is 48.7 Å². The monoisotopic (exact) mass is 342 g/mol. The molecule has 0 spiro atoms. The molecule has 0 aliphatic carbocycles. The molecule has 1 aromatic heterocycles. The molecule has 0 atom stereocenters. The second-order valence-corrected chi connectivity index (χ2v) is 5.75. The van der Waals surface area contributed by atoms with E-state index in [0.29, 0.717) is 22.8 Å². The van der Waals surface area contributed by atoms with Gasteiger partial charge >= 0.3 is 0 Å². The maximum Gasteiger partial charge on any atom is 0.248 e. The summed E-state index contributed by atoms with van der Waals surface area (Å²) in [5, 5.41) is 8.59. The number of aryl methyl sites for hydroxylation is 1. The van der Waals surface area contributed by atoms with Gasteiger partial charge in [-0.25, -0.2) is 0 Å². The molecule has 3 N–H and O–H groups in total. The minimum absolute atomic E-state index is 0.172. The molecular formula is C17H15ClN4O2. The average Bonchev–Trinajstić information content (AvgIpc) is 2.95. The summed E-state index contributed by atoms with van der Waals surface area (Å²) < 4.78 is 1.76. The van der Waals surface area contributed by atoms with E-state index >= 15 is 0 Å². The zero-order valence-corrected chi connectivity index (χ0v) is 13.5. The first-order valence-corrected chi connectivity index (χ1v) is 7.71. The quantitative estimate of drug-likeness (QED) is 0.747. The summed E-state index contributed by atoms with van der Waals surface area (Å²) in [6.45, 7) is 0.437. The molecule has 2 aromatic carbocycles. The number of amides is 2. The van der Waals surface area contributed by atoms with Gasteiger partial charge in [0.05, 0.1) is 18.3 Å². The van der Waals surface area contributed by atoms with Gasteiger partial charge in [0.25, 0.3) is 0 Å². The Balaban J connectivity index is 1.65. The van der Waals surface area contributed by atoms with Crippen LogP contribution < -0.4 is 11.1 Å². The standard InChI is InChI=1S/C17H15ClN4O2/c18-13-4-5-15-12(8-13)10-20-22(15)7-6-16(23)21-14-3-1-2-11(9-14)17(19)24/h1-5,8-10H,6-7H2,(H2,19,24)(H,21,23). The minimum atomic E-state index is -0.534. The molecule has 0 bridgehead atoms. The van der Waals surface area contributed by atoms with Crippen molar-refractivity contribution < 1.29 is 9.59 Å². The van der Waals surface area contributed by atoms with Crippen molar-refractivity contribution in [1.82, 2.24) is 9.78 Å². The molecular weight excluding hydrogens is 328 g/mol. The van der Waals surface area contributed by atoms with E-state index in [4.69, 9.17) is 17.3 Å². The van der Waals surface area contributed by atoms with Crippen molar-refractivity contribution in [2.24, 2.45) is 5.73 Å². The third-order valence-electron chi connectivity index (χ3n) is 3.59. The first kappa shape index (κ1) is 16.0. The van der Waals surface area contributed by atoms with Gasteiger partial charge in [-0.05, 0) is 36.4 Å². The van der Waals surface area contributed by atoms with Gasteiger partial charge in [0.15, 0.2) is 0 Å². The smallest absolute Gasteiger partial charge is 0.248 e. The minimum Gasteiger partial charge on any atom is -0.366 e. The SMILES string of the molecule is NC(=O)c1cccc(NC(=O)CCn2ncc3cc(Cl)ccc32)c1. The van der Waals surface area contributed by atoms with Crippen LogP contribution in [0.25, 0.3) is 10.9 Å². The molecule has 7 heteroatoms. The lowest BCUT2D eigenvalue weighted by Crippen LogP contribution is -2.16. The second kappa shape index (κ2) is 6.72. The summed E-state index contributed by atoms with van der Waals surface area (Å²) in [6.07, 6.45) is 1.97. The fourth-order valence-corrected chi connectivity index (χ4v) is 2.60. The number of nitrogens with zero attached hydrogens (tertiary/aromatic N) is 2. The van der Waals surface area contributed by atoms with Crippen molar-refractivity contribution >= 4 is 40.0 Å². The number of nitrogens with two attached hydrogens (primary N) is 1. The number of carbonyl (C=O) groups is 2. The van der Waals surface area contributed by atoms with Crippen molar-refractivity contribution in [2.75, 3.05) is 5.32 Å². The third-order valence-corrected chi connectivity index (χ3v) is 3.82. The van der Waals surface area contributed by atoms with Crippen LogP contribution in [0.3, 0.4) is 0 Å². The molecule has 6 nitrogen and oxygen atoms in total. The zero-order chi connectivity index (χ0) is 17.1. The molecule has 1 heterocycles.